The molecule has 218 valence electrons. The van der Waals surface area contributed by atoms with Crippen molar-refractivity contribution in [2.45, 2.75) is 119 Å². The molecule has 0 radical (unpaired) electrons. The number of rotatable bonds is 15. The van der Waals surface area contributed by atoms with Gasteiger partial charge in [0.15, 0.2) is 0 Å². The first-order valence-corrected chi connectivity index (χ1v) is 13.5. The van der Waals surface area contributed by atoms with E-state index in [1.54, 1.807) is 14.0 Å². The molecule has 8 N–H and O–H groups in total. The second kappa shape index (κ2) is 16.2. The van der Waals surface area contributed by atoms with Crippen LogP contribution in [0.5, 0.6) is 0 Å². The van der Waals surface area contributed by atoms with E-state index in [0.29, 0.717) is 45.2 Å². The van der Waals surface area contributed by atoms with Crippen LogP contribution in [0.4, 0.5) is 0 Å². The summed E-state index contributed by atoms with van der Waals surface area (Å²) in [6, 6.07) is 0. The van der Waals surface area contributed by atoms with E-state index in [0.717, 1.165) is 25.8 Å². The van der Waals surface area contributed by atoms with Crippen molar-refractivity contribution in [3.05, 3.63) is 0 Å². The summed E-state index contributed by atoms with van der Waals surface area (Å²) >= 11 is 0. The third kappa shape index (κ3) is 9.64. The number of aliphatic hydroxyl groups is 7. The number of amides is 1. The predicted octanol–water partition coefficient (Wildman–Crippen LogP) is -2.13. The minimum absolute atomic E-state index is 0.0176. The number of nitrogens with one attached hydrogen (secondary N) is 1. The summed E-state index contributed by atoms with van der Waals surface area (Å²) < 4.78 is 11.3. The minimum atomic E-state index is -1.38. The Balaban J connectivity index is 1.84. The summed E-state index contributed by atoms with van der Waals surface area (Å²) in [5.74, 6) is 0.0176. The second-order valence-electron chi connectivity index (χ2n) is 10.3. The standard InChI is InChI=1S/C25H48N2O10/c1-15-20(30)24(34)21(31)16(36-15)8-6-12-27(11-5-3-4-10-19(29)26-2)13-7-9-17-22(32)25(35)23(33)18(14-28)37-17/h15-18,20-25,28,30-35H,3-14H2,1-2H3,(H,26,29)/t15-,16-,17+,18+,20+,21+,22-,23+,24+,25+/m0/s1. The van der Waals surface area contributed by atoms with Gasteiger partial charge < -0.3 is 55.4 Å². The third-order valence-corrected chi connectivity index (χ3v) is 7.53. The fraction of sp³-hybridized carbons (Fsp3) is 0.960. The van der Waals surface area contributed by atoms with Crippen LogP contribution in [0.25, 0.3) is 0 Å². The first kappa shape index (κ1) is 32.3. The molecule has 1 amide bonds. The number of unbranched alkanes of at least 4 members (excludes halogenated alkanes) is 2. The molecule has 2 aliphatic rings. The van der Waals surface area contributed by atoms with E-state index >= 15 is 0 Å². The molecule has 0 aromatic rings. The van der Waals surface area contributed by atoms with Crippen LogP contribution in [-0.4, -0.2) is 141 Å². The van der Waals surface area contributed by atoms with Crippen LogP contribution in [0, 0.1) is 0 Å². The van der Waals surface area contributed by atoms with Gasteiger partial charge in [0, 0.05) is 13.5 Å². The molecule has 12 heteroatoms. The van der Waals surface area contributed by atoms with Crippen molar-refractivity contribution in [3.63, 3.8) is 0 Å². The Morgan fingerprint density at radius 3 is 1.78 bits per heavy atom. The molecule has 2 heterocycles. The predicted molar refractivity (Wildman–Crippen MR) is 134 cm³/mol. The van der Waals surface area contributed by atoms with Gasteiger partial charge in [0.2, 0.25) is 5.91 Å². The van der Waals surface area contributed by atoms with Crippen molar-refractivity contribution in [3.8, 4) is 0 Å². The molecule has 12 nitrogen and oxygen atoms in total. The van der Waals surface area contributed by atoms with Gasteiger partial charge in [-0.2, -0.15) is 0 Å². The van der Waals surface area contributed by atoms with Gasteiger partial charge in [-0.3, -0.25) is 4.79 Å². The molecular formula is C25H48N2O10. The van der Waals surface area contributed by atoms with E-state index in [2.05, 4.69) is 10.2 Å². The Morgan fingerprint density at radius 1 is 0.703 bits per heavy atom. The van der Waals surface area contributed by atoms with Crippen LogP contribution in [0.3, 0.4) is 0 Å². The first-order valence-electron chi connectivity index (χ1n) is 13.5. The minimum Gasteiger partial charge on any atom is -0.394 e. The highest BCUT2D eigenvalue weighted by molar-refractivity contribution is 5.75. The van der Waals surface area contributed by atoms with Gasteiger partial charge in [-0.25, -0.2) is 0 Å². The Kier molecular flexibility index (Phi) is 14.2. The fourth-order valence-corrected chi connectivity index (χ4v) is 5.08. The zero-order valence-corrected chi connectivity index (χ0v) is 22.1. The van der Waals surface area contributed by atoms with Crippen molar-refractivity contribution in [2.24, 2.45) is 0 Å². The van der Waals surface area contributed by atoms with Crippen LogP contribution in [0.15, 0.2) is 0 Å². The van der Waals surface area contributed by atoms with Crippen LogP contribution in [0.2, 0.25) is 0 Å². The number of hydrogen-bond acceptors (Lipinski definition) is 11. The lowest BCUT2D eigenvalue weighted by atomic mass is 9.92. The Morgan fingerprint density at radius 2 is 1.22 bits per heavy atom. The number of carbonyl (C=O) groups excluding carboxylic acids is 1. The van der Waals surface area contributed by atoms with E-state index in [4.69, 9.17) is 9.47 Å². The Hall–Kier alpha value is -0.930. The molecule has 2 rings (SSSR count). The van der Waals surface area contributed by atoms with E-state index in [1.807, 2.05) is 0 Å². The van der Waals surface area contributed by atoms with E-state index < -0.39 is 67.6 Å². The molecule has 0 aromatic heterocycles. The Labute approximate surface area is 219 Å². The topological polar surface area (TPSA) is 192 Å². The molecule has 2 aliphatic heterocycles. The van der Waals surface area contributed by atoms with E-state index in [9.17, 15) is 40.5 Å². The fourth-order valence-electron chi connectivity index (χ4n) is 5.08. The maximum Gasteiger partial charge on any atom is 0.219 e. The summed E-state index contributed by atoms with van der Waals surface area (Å²) in [5.41, 5.74) is 0. The van der Waals surface area contributed by atoms with Gasteiger partial charge >= 0.3 is 0 Å². The number of ether oxygens (including phenoxy) is 2. The molecule has 2 fully saturated rings. The molecule has 10 atom stereocenters. The maximum atomic E-state index is 11.4. The molecule has 0 saturated carbocycles. The normalized spacial score (nSPS) is 36.6. The summed E-state index contributed by atoms with van der Waals surface area (Å²) in [6.07, 6.45) is -4.97. The smallest absolute Gasteiger partial charge is 0.219 e. The molecule has 0 aromatic carbocycles. The quantitative estimate of drug-likeness (QED) is 0.107. The Bertz CT molecular complexity index is 657. The molecule has 2 saturated heterocycles. The van der Waals surface area contributed by atoms with Gasteiger partial charge in [-0.1, -0.05) is 6.42 Å². The molecule has 0 spiro atoms. The molecule has 0 unspecified atom stereocenters. The number of aliphatic hydroxyl groups excluding tert-OH is 7. The van der Waals surface area contributed by atoms with Gasteiger partial charge in [-0.15, -0.1) is 0 Å². The lowest BCUT2D eigenvalue weighted by Gasteiger charge is -2.40. The van der Waals surface area contributed by atoms with Crippen LogP contribution in [0.1, 0.15) is 58.3 Å². The average Bonchev–Trinajstić information content (AvgIpc) is 2.89. The summed E-state index contributed by atoms with van der Waals surface area (Å²) in [5, 5.41) is 72.5. The van der Waals surface area contributed by atoms with Crippen molar-refractivity contribution < 1.29 is 50.0 Å². The highest BCUT2D eigenvalue weighted by Gasteiger charge is 2.43. The summed E-state index contributed by atoms with van der Waals surface area (Å²) in [7, 11) is 1.62. The summed E-state index contributed by atoms with van der Waals surface area (Å²) in [6.45, 7) is 3.37. The monoisotopic (exact) mass is 536 g/mol. The van der Waals surface area contributed by atoms with Gasteiger partial charge in [0.05, 0.1) is 24.9 Å². The lowest BCUT2D eigenvalue weighted by molar-refractivity contribution is -0.230. The SMILES string of the molecule is CNC(=O)CCCCCN(CCC[C@@H]1O[C@@H](C)[C@@H](O)[C@@H](O)[C@@H]1O)CCC[C@H]1O[C@H](CO)[C@@H](O)[C@H](O)[C@H]1O. The third-order valence-electron chi connectivity index (χ3n) is 7.53. The van der Waals surface area contributed by atoms with Crippen molar-refractivity contribution in [1.82, 2.24) is 10.2 Å². The van der Waals surface area contributed by atoms with Gasteiger partial charge in [-0.05, 0) is 65.1 Å². The zero-order valence-electron chi connectivity index (χ0n) is 22.1. The maximum absolute atomic E-state index is 11.4. The van der Waals surface area contributed by atoms with Crippen LogP contribution in [-0.2, 0) is 14.3 Å². The first-order chi connectivity index (χ1) is 17.6. The van der Waals surface area contributed by atoms with Crippen LogP contribution < -0.4 is 5.32 Å². The number of nitrogens with zero attached hydrogens (tertiary/aromatic N) is 1. The average molecular weight is 537 g/mol. The number of carbonyl (C=O) groups is 1. The molecule has 37 heavy (non-hydrogen) atoms. The molecule has 0 aliphatic carbocycles. The van der Waals surface area contributed by atoms with E-state index in [-0.39, 0.29) is 5.91 Å². The lowest BCUT2D eigenvalue weighted by Crippen LogP contribution is -2.58. The largest absolute Gasteiger partial charge is 0.394 e. The highest BCUT2D eigenvalue weighted by atomic mass is 16.5. The zero-order chi connectivity index (χ0) is 27.5. The second-order valence-corrected chi connectivity index (χ2v) is 10.3. The van der Waals surface area contributed by atoms with Crippen molar-refractivity contribution in [2.75, 3.05) is 33.3 Å². The van der Waals surface area contributed by atoms with Crippen molar-refractivity contribution in [1.29, 1.82) is 0 Å². The van der Waals surface area contributed by atoms with Gasteiger partial charge in [0.1, 0.15) is 42.7 Å². The highest BCUT2D eigenvalue weighted by Crippen LogP contribution is 2.25. The summed E-state index contributed by atoms with van der Waals surface area (Å²) in [4.78, 5) is 13.7. The number of hydrogen-bond donors (Lipinski definition) is 8. The van der Waals surface area contributed by atoms with Gasteiger partial charge in [0.25, 0.3) is 0 Å². The molecular weight excluding hydrogens is 488 g/mol. The van der Waals surface area contributed by atoms with Crippen LogP contribution >= 0.6 is 0 Å². The van der Waals surface area contributed by atoms with E-state index in [1.165, 1.54) is 0 Å². The molecule has 0 bridgehead atoms. The van der Waals surface area contributed by atoms with Crippen molar-refractivity contribution >= 4 is 5.91 Å².